The number of carbonyl (C=O) groups is 1. The summed E-state index contributed by atoms with van der Waals surface area (Å²) in [6.45, 7) is 1.84. The van der Waals surface area contributed by atoms with Crippen LogP contribution in [0.25, 0.3) is 0 Å². The Bertz CT molecular complexity index is 751. The molecule has 0 spiro atoms. The number of hydrogen-bond acceptors (Lipinski definition) is 4. The monoisotopic (exact) mass is 343 g/mol. The van der Waals surface area contributed by atoms with Crippen molar-refractivity contribution in [2.45, 2.75) is 17.9 Å². The van der Waals surface area contributed by atoms with Gasteiger partial charge in [0.2, 0.25) is 0 Å². The van der Waals surface area contributed by atoms with Crippen LogP contribution < -0.4 is 5.32 Å². The number of sulfone groups is 1. The smallest absolute Gasteiger partial charge is 0.261 e. The number of thiophene rings is 1. The standard InChI is InChI=1S/C14H14ClNO3S2/c1-9(16-14(17)12-7-8-13(15)20-12)10-3-5-11(6-4-10)21(2,18)19/h3-9H,1-2H3,(H,16,17)/t9-/m1/s1. The molecule has 2 aromatic rings. The Morgan fingerprint density at radius 3 is 2.29 bits per heavy atom. The fraction of sp³-hybridized carbons (Fsp3) is 0.214. The third-order valence-electron chi connectivity index (χ3n) is 2.95. The van der Waals surface area contributed by atoms with Crippen LogP contribution in [-0.4, -0.2) is 20.6 Å². The Balaban J connectivity index is 2.10. The summed E-state index contributed by atoms with van der Waals surface area (Å²) in [6.07, 6.45) is 1.16. The SMILES string of the molecule is C[C@@H](NC(=O)c1ccc(Cl)s1)c1ccc(S(C)(=O)=O)cc1. The topological polar surface area (TPSA) is 63.2 Å². The fourth-order valence-electron chi connectivity index (χ4n) is 1.79. The van der Waals surface area contributed by atoms with E-state index < -0.39 is 9.84 Å². The van der Waals surface area contributed by atoms with Crippen molar-refractivity contribution < 1.29 is 13.2 Å². The quantitative estimate of drug-likeness (QED) is 0.926. The number of nitrogens with one attached hydrogen (secondary N) is 1. The molecule has 0 radical (unpaired) electrons. The molecule has 4 nitrogen and oxygen atoms in total. The maximum atomic E-state index is 12.0. The average molecular weight is 344 g/mol. The van der Waals surface area contributed by atoms with E-state index >= 15 is 0 Å². The number of carbonyl (C=O) groups excluding carboxylic acids is 1. The molecule has 1 aromatic heterocycles. The minimum Gasteiger partial charge on any atom is -0.345 e. The molecule has 1 aromatic carbocycles. The molecule has 1 atom stereocenters. The predicted molar refractivity (Wildman–Crippen MR) is 84.8 cm³/mol. The number of amides is 1. The van der Waals surface area contributed by atoms with Crippen LogP contribution >= 0.6 is 22.9 Å². The van der Waals surface area contributed by atoms with E-state index in [1.165, 1.54) is 23.5 Å². The molecule has 7 heteroatoms. The fourth-order valence-corrected chi connectivity index (χ4v) is 3.37. The van der Waals surface area contributed by atoms with E-state index in [0.29, 0.717) is 9.21 Å². The van der Waals surface area contributed by atoms with Gasteiger partial charge in [-0.2, -0.15) is 0 Å². The Morgan fingerprint density at radius 1 is 1.19 bits per heavy atom. The molecule has 21 heavy (non-hydrogen) atoms. The van der Waals surface area contributed by atoms with Gasteiger partial charge in [-0.1, -0.05) is 23.7 Å². The van der Waals surface area contributed by atoms with Crippen molar-refractivity contribution in [1.29, 1.82) is 0 Å². The first-order valence-electron chi connectivity index (χ1n) is 6.13. The zero-order chi connectivity index (χ0) is 15.6. The van der Waals surface area contributed by atoms with Gasteiger partial charge in [-0.15, -0.1) is 11.3 Å². The minimum absolute atomic E-state index is 0.202. The Labute approximate surface area is 132 Å². The van der Waals surface area contributed by atoms with Gasteiger partial charge in [0.15, 0.2) is 9.84 Å². The van der Waals surface area contributed by atoms with Gasteiger partial charge >= 0.3 is 0 Å². The van der Waals surface area contributed by atoms with Gasteiger partial charge in [-0.3, -0.25) is 4.79 Å². The Morgan fingerprint density at radius 2 is 1.81 bits per heavy atom. The Hall–Kier alpha value is -1.37. The summed E-state index contributed by atoms with van der Waals surface area (Å²) in [7, 11) is -3.21. The molecule has 0 aliphatic heterocycles. The van der Waals surface area contributed by atoms with E-state index in [-0.39, 0.29) is 16.8 Å². The lowest BCUT2D eigenvalue weighted by molar-refractivity contribution is 0.0944. The van der Waals surface area contributed by atoms with Gasteiger partial charge in [-0.05, 0) is 36.8 Å². The largest absolute Gasteiger partial charge is 0.345 e. The highest BCUT2D eigenvalue weighted by atomic mass is 35.5. The van der Waals surface area contributed by atoms with Crippen LogP contribution in [-0.2, 0) is 9.84 Å². The second kappa shape index (κ2) is 6.17. The second-order valence-corrected chi connectivity index (χ2v) is 8.37. The van der Waals surface area contributed by atoms with Gasteiger partial charge in [0, 0.05) is 6.26 Å². The van der Waals surface area contributed by atoms with E-state index in [2.05, 4.69) is 5.32 Å². The Kier molecular flexibility index (Phi) is 4.70. The number of hydrogen-bond donors (Lipinski definition) is 1. The first-order valence-corrected chi connectivity index (χ1v) is 9.22. The van der Waals surface area contributed by atoms with Crippen molar-refractivity contribution in [2.24, 2.45) is 0 Å². The lowest BCUT2D eigenvalue weighted by Gasteiger charge is -2.14. The molecular formula is C14H14ClNO3S2. The molecule has 0 unspecified atom stereocenters. The molecule has 2 rings (SSSR count). The normalized spacial score (nSPS) is 12.9. The molecule has 1 amide bonds. The van der Waals surface area contributed by atoms with Crippen molar-refractivity contribution in [1.82, 2.24) is 5.32 Å². The van der Waals surface area contributed by atoms with Gasteiger partial charge in [-0.25, -0.2) is 8.42 Å². The zero-order valence-corrected chi connectivity index (χ0v) is 13.8. The third-order valence-corrected chi connectivity index (χ3v) is 5.31. The molecule has 0 bridgehead atoms. The maximum absolute atomic E-state index is 12.0. The highest BCUT2D eigenvalue weighted by Crippen LogP contribution is 2.22. The number of rotatable bonds is 4. The molecule has 112 valence electrons. The first-order chi connectivity index (χ1) is 9.77. The van der Waals surface area contributed by atoms with Gasteiger partial charge in [0.1, 0.15) is 0 Å². The van der Waals surface area contributed by atoms with Crippen molar-refractivity contribution in [3.63, 3.8) is 0 Å². The third kappa shape index (κ3) is 4.06. The van der Waals surface area contributed by atoms with Crippen LogP contribution in [0, 0.1) is 0 Å². The first kappa shape index (κ1) is 16.0. The zero-order valence-electron chi connectivity index (χ0n) is 11.5. The number of halogens is 1. The van der Waals surface area contributed by atoms with Gasteiger partial charge in [0.05, 0.1) is 20.2 Å². The van der Waals surface area contributed by atoms with E-state index in [1.807, 2.05) is 6.92 Å². The van der Waals surface area contributed by atoms with Crippen molar-refractivity contribution >= 4 is 38.7 Å². The predicted octanol–water partition coefficient (Wildman–Crippen LogP) is 3.30. The summed E-state index contributed by atoms with van der Waals surface area (Å²) < 4.78 is 23.4. The molecule has 1 heterocycles. The lowest BCUT2D eigenvalue weighted by Crippen LogP contribution is -2.25. The van der Waals surface area contributed by atoms with Crippen LogP contribution in [0.3, 0.4) is 0 Å². The number of benzene rings is 1. The molecule has 0 saturated heterocycles. The summed E-state index contributed by atoms with van der Waals surface area (Å²) >= 11 is 7.01. The van der Waals surface area contributed by atoms with E-state index in [1.54, 1.807) is 24.3 Å². The average Bonchev–Trinajstić information content (AvgIpc) is 2.84. The lowest BCUT2D eigenvalue weighted by atomic mass is 10.1. The molecule has 1 N–H and O–H groups in total. The molecular weight excluding hydrogens is 330 g/mol. The van der Waals surface area contributed by atoms with E-state index in [4.69, 9.17) is 11.6 Å². The minimum atomic E-state index is -3.21. The van der Waals surface area contributed by atoms with Crippen molar-refractivity contribution in [3.05, 3.63) is 51.2 Å². The van der Waals surface area contributed by atoms with E-state index in [0.717, 1.165) is 11.8 Å². The maximum Gasteiger partial charge on any atom is 0.261 e. The van der Waals surface area contributed by atoms with Crippen molar-refractivity contribution in [2.75, 3.05) is 6.26 Å². The summed E-state index contributed by atoms with van der Waals surface area (Å²) in [6, 6.07) is 9.58. The van der Waals surface area contributed by atoms with Crippen molar-refractivity contribution in [3.8, 4) is 0 Å². The summed E-state index contributed by atoms with van der Waals surface area (Å²) in [5.74, 6) is -0.202. The summed E-state index contributed by atoms with van der Waals surface area (Å²) in [5.41, 5.74) is 0.832. The van der Waals surface area contributed by atoms with Crippen LogP contribution in [0.4, 0.5) is 0 Å². The highest BCUT2D eigenvalue weighted by molar-refractivity contribution is 7.90. The van der Waals surface area contributed by atoms with Crippen LogP contribution in [0.5, 0.6) is 0 Å². The van der Waals surface area contributed by atoms with Crippen LogP contribution in [0.2, 0.25) is 4.34 Å². The van der Waals surface area contributed by atoms with E-state index in [9.17, 15) is 13.2 Å². The van der Waals surface area contributed by atoms with Crippen LogP contribution in [0.1, 0.15) is 28.2 Å². The molecule has 0 saturated carbocycles. The van der Waals surface area contributed by atoms with Gasteiger partial charge in [0.25, 0.3) is 5.91 Å². The van der Waals surface area contributed by atoms with Crippen LogP contribution in [0.15, 0.2) is 41.3 Å². The molecule has 0 aliphatic carbocycles. The summed E-state index contributed by atoms with van der Waals surface area (Å²) in [4.78, 5) is 12.8. The second-order valence-electron chi connectivity index (χ2n) is 4.64. The molecule has 0 fully saturated rings. The summed E-state index contributed by atoms with van der Waals surface area (Å²) in [5, 5.41) is 2.85. The molecule has 0 aliphatic rings. The van der Waals surface area contributed by atoms with Gasteiger partial charge < -0.3 is 5.32 Å². The highest BCUT2D eigenvalue weighted by Gasteiger charge is 2.14.